The molecule has 0 saturated heterocycles. The van der Waals surface area contributed by atoms with Gasteiger partial charge in [-0.2, -0.15) is 0 Å². The molecule has 0 amide bonds. The first-order chi connectivity index (χ1) is 6.15. The Bertz CT molecular complexity index is 293. The van der Waals surface area contributed by atoms with Crippen LogP contribution >= 0.6 is 0 Å². The Kier molecular flexibility index (Phi) is 6.90. The average molecular weight is 216 g/mol. The van der Waals surface area contributed by atoms with E-state index in [1.54, 1.807) is 12.1 Å². The van der Waals surface area contributed by atoms with E-state index in [0.29, 0.717) is 5.92 Å². The van der Waals surface area contributed by atoms with Crippen LogP contribution in [0.5, 0.6) is 0 Å². The number of benzene rings is 1. The minimum absolute atomic E-state index is 0. The Labute approximate surface area is 127 Å². The molecule has 0 aromatic heterocycles. The SMILES string of the molecule is CCC(C)c1ccc(C(=O)[O-])cc1.[K+]. The van der Waals surface area contributed by atoms with Gasteiger partial charge in [-0.3, -0.25) is 0 Å². The van der Waals surface area contributed by atoms with Crippen molar-refractivity contribution in [3.8, 4) is 0 Å². The molecule has 1 unspecified atom stereocenters. The van der Waals surface area contributed by atoms with Gasteiger partial charge in [-0.05, 0) is 23.5 Å². The summed E-state index contributed by atoms with van der Waals surface area (Å²) in [5.41, 5.74) is 1.42. The summed E-state index contributed by atoms with van der Waals surface area (Å²) >= 11 is 0. The smallest absolute Gasteiger partial charge is 0.545 e. The molecule has 70 valence electrons. The van der Waals surface area contributed by atoms with E-state index in [-0.39, 0.29) is 56.9 Å². The fourth-order valence-corrected chi connectivity index (χ4v) is 1.18. The first-order valence-electron chi connectivity index (χ1n) is 4.46. The normalized spacial score (nSPS) is 11.6. The molecule has 0 radical (unpaired) electrons. The van der Waals surface area contributed by atoms with Crippen molar-refractivity contribution in [3.63, 3.8) is 0 Å². The standard InChI is InChI=1S/C11H14O2.K/c1-3-8(2)9-4-6-10(7-5-9)11(12)13;/h4-8H,3H2,1-2H3,(H,12,13);/q;+1/p-1. The second kappa shape index (κ2) is 6.74. The summed E-state index contributed by atoms with van der Waals surface area (Å²) in [6, 6.07) is 6.88. The first-order valence-corrected chi connectivity index (χ1v) is 4.46. The molecule has 1 aromatic rings. The molecule has 0 heterocycles. The van der Waals surface area contributed by atoms with E-state index in [2.05, 4.69) is 13.8 Å². The van der Waals surface area contributed by atoms with Gasteiger partial charge in [0.25, 0.3) is 0 Å². The summed E-state index contributed by atoms with van der Waals surface area (Å²) in [7, 11) is 0. The molecule has 0 aliphatic heterocycles. The van der Waals surface area contributed by atoms with Crippen LogP contribution in [0.3, 0.4) is 0 Å². The van der Waals surface area contributed by atoms with Crippen LogP contribution in [0, 0.1) is 0 Å². The predicted octanol–water partition coefficient (Wildman–Crippen LogP) is -1.43. The molecule has 2 nitrogen and oxygen atoms in total. The quantitative estimate of drug-likeness (QED) is 0.581. The summed E-state index contributed by atoms with van der Waals surface area (Å²) < 4.78 is 0. The number of hydrogen-bond acceptors (Lipinski definition) is 2. The van der Waals surface area contributed by atoms with Crippen molar-refractivity contribution in [2.75, 3.05) is 0 Å². The van der Waals surface area contributed by atoms with Crippen molar-refractivity contribution in [1.29, 1.82) is 0 Å². The van der Waals surface area contributed by atoms with Crippen LogP contribution in [0.15, 0.2) is 24.3 Å². The summed E-state index contributed by atoms with van der Waals surface area (Å²) in [6.07, 6.45) is 1.06. The average Bonchev–Trinajstić information content (AvgIpc) is 2.17. The zero-order chi connectivity index (χ0) is 9.84. The van der Waals surface area contributed by atoms with Crippen LogP contribution in [-0.2, 0) is 0 Å². The van der Waals surface area contributed by atoms with Gasteiger partial charge in [-0.15, -0.1) is 0 Å². The molecule has 0 bridgehead atoms. The maximum absolute atomic E-state index is 10.4. The van der Waals surface area contributed by atoms with Crippen molar-refractivity contribution in [1.82, 2.24) is 0 Å². The van der Waals surface area contributed by atoms with Crippen molar-refractivity contribution in [2.45, 2.75) is 26.2 Å². The van der Waals surface area contributed by atoms with Crippen molar-refractivity contribution in [2.24, 2.45) is 0 Å². The molecule has 0 N–H and O–H groups in total. The van der Waals surface area contributed by atoms with Gasteiger partial charge >= 0.3 is 51.4 Å². The van der Waals surface area contributed by atoms with Gasteiger partial charge in [0.2, 0.25) is 0 Å². The van der Waals surface area contributed by atoms with Crippen LogP contribution in [-0.4, -0.2) is 5.97 Å². The molecule has 14 heavy (non-hydrogen) atoms. The van der Waals surface area contributed by atoms with Crippen LogP contribution in [0.4, 0.5) is 0 Å². The molecule has 0 aliphatic rings. The minimum atomic E-state index is -1.12. The number of hydrogen-bond donors (Lipinski definition) is 0. The van der Waals surface area contributed by atoms with Gasteiger partial charge in [0.15, 0.2) is 0 Å². The molecule has 0 saturated carbocycles. The van der Waals surface area contributed by atoms with E-state index in [4.69, 9.17) is 0 Å². The maximum Gasteiger partial charge on any atom is 1.00 e. The predicted molar refractivity (Wildman–Crippen MR) is 49.5 cm³/mol. The zero-order valence-corrected chi connectivity index (χ0v) is 12.0. The van der Waals surface area contributed by atoms with E-state index in [1.807, 2.05) is 12.1 Å². The molecule has 0 fully saturated rings. The summed E-state index contributed by atoms with van der Waals surface area (Å²) in [5, 5.41) is 10.4. The molecule has 1 rings (SSSR count). The number of carboxylic acids is 1. The van der Waals surface area contributed by atoms with Gasteiger partial charge in [-0.1, -0.05) is 38.1 Å². The van der Waals surface area contributed by atoms with Crippen LogP contribution in [0.1, 0.15) is 42.1 Å². The Morgan fingerprint density at radius 3 is 2.21 bits per heavy atom. The third kappa shape index (κ3) is 3.83. The van der Waals surface area contributed by atoms with Gasteiger partial charge in [0.05, 0.1) is 5.97 Å². The fraction of sp³-hybridized carbons (Fsp3) is 0.364. The Morgan fingerprint density at radius 2 is 1.86 bits per heavy atom. The summed E-state index contributed by atoms with van der Waals surface area (Å²) in [4.78, 5) is 10.4. The van der Waals surface area contributed by atoms with Crippen molar-refractivity contribution < 1.29 is 61.3 Å². The largest absolute Gasteiger partial charge is 1.00 e. The number of aromatic carboxylic acids is 1. The molecular weight excluding hydrogens is 203 g/mol. The van der Waals surface area contributed by atoms with Gasteiger partial charge < -0.3 is 9.90 Å². The molecule has 0 spiro atoms. The second-order valence-electron chi connectivity index (χ2n) is 3.22. The maximum atomic E-state index is 10.4. The van der Waals surface area contributed by atoms with Crippen LogP contribution < -0.4 is 56.5 Å². The third-order valence-electron chi connectivity index (χ3n) is 2.33. The molecule has 1 atom stereocenters. The second-order valence-corrected chi connectivity index (χ2v) is 3.22. The van der Waals surface area contributed by atoms with E-state index < -0.39 is 5.97 Å². The van der Waals surface area contributed by atoms with E-state index in [9.17, 15) is 9.90 Å². The minimum Gasteiger partial charge on any atom is -0.545 e. The molecule has 1 aromatic carbocycles. The van der Waals surface area contributed by atoms with Crippen LogP contribution in [0.2, 0.25) is 0 Å². The number of carbonyl (C=O) groups is 1. The first kappa shape index (κ1) is 14.3. The van der Waals surface area contributed by atoms with Gasteiger partial charge in [0.1, 0.15) is 0 Å². The Morgan fingerprint density at radius 1 is 1.36 bits per heavy atom. The Balaban J connectivity index is 0.00000169. The van der Waals surface area contributed by atoms with E-state index in [1.165, 1.54) is 5.56 Å². The third-order valence-corrected chi connectivity index (χ3v) is 2.33. The van der Waals surface area contributed by atoms with Crippen molar-refractivity contribution in [3.05, 3.63) is 35.4 Å². The summed E-state index contributed by atoms with van der Waals surface area (Å²) in [5.74, 6) is -0.633. The van der Waals surface area contributed by atoms with Crippen LogP contribution in [0.25, 0.3) is 0 Å². The molecule has 0 aliphatic carbocycles. The van der Waals surface area contributed by atoms with E-state index >= 15 is 0 Å². The van der Waals surface area contributed by atoms with Gasteiger partial charge in [-0.25, -0.2) is 0 Å². The molecular formula is C11H13KO2. The fourth-order valence-electron chi connectivity index (χ4n) is 1.18. The number of rotatable bonds is 3. The van der Waals surface area contributed by atoms with E-state index in [0.717, 1.165) is 6.42 Å². The number of carbonyl (C=O) groups excluding carboxylic acids is 1. The monoisotopic (exact) mass is 216 g/mol. The Hall–Kier alpha value is 0.326. The number of carboxylic acid groups (broad SMARTS) is 1. The summed E-state index contributed by atoms with van der Waals surface area (Å²) in [6.45, 7) is 4.23. The molecule has 3 heteroatoms. The van der Waals surface area contributed by atoms with Crippen molar-refractivity contribution >= 4 is 5.97 Å². The van der Waals surface area contributed by atoms with Gasteiger partial charge in [0, 0.05) is 0 Å². The zero-order valence-electron chi connectivity index (χ0n) is 8.91. The topological polar surface area (TPSA) is 40.1 Å².